The zero-order valence-electron chi connectivity index (χ0n) is 14.3. The van der Waals surface area contributed by atoms with Crippen molar-refractivity contribution < 1.29 is 14.3 Å². The Morgan fingerprint density at radius 2 is 1.96 bits per heavy atom. The fourth-order valence-corrected chi connectivity index (χ4v) is 4.08. The largest absolute Gasteiger partial charge is 0.452 e. The van der Waals surface area contributed by atoms with E-state index in [1.54, 1.807) is 12.1 Å². The predicted molar refractivity (Wildman–Crippen MR) is 92.6 cm³/mol. The molecule has 130 valence electrons. The molecule has 1 aromatic rings. The zero-order chi connectivity index (χ0) is 17.1. The SMILES string of the molecule is Cc1cccc(C(=O)OCC(=O)N2CCC[C@@H]3CCCC[C@@H]32)c1N. The number of esters is 1. The van der Waals surface area contributed by atoms with E-state index < -0.39 is 5.97 Å². The number of likely N-dealkylation sites (tertiary alicyclic amines) is 1. The molecule has 0 radical (unpaired) electrons. The summed E-state index contributed by atoms with van der Waals surface area (Å²) in [6.45, 7) is 2.42. The molecule has 0 bridgehead atoms. The van der Waals surface area contributed by atoms with Crippen molar-refractivity contribution in [3.8, 4) is 0 Å². The van der Waals surface area contributed by atoms with E-state index in [0.29, 0.717) is 23.2 Å². The Labute approximate surface area is 143 Å². The Morgan fingerprint density at radius 3 is 2.79 bits per heavy atom. The van der Waals surface area contributed by atoms with Crippen LogP contribution in [0.3, 0.4) is 0 Å². The summed E-state index contributed by atoms with van der Waals surface area (Å²) in [5.74, 6) is 0.0208. The highest BCUT2D eigenvalue weighted by Crippen LogP contribution is 2.35. The van der Waals surface area contributed by atoms with Gasteiger partial charge in [0.2, 0.25) is 0 Å². The molecule has 0 aromatic heterocycles. The van der Waals surface area contributed by atoms with E-state index in [9.17, 15) is 9.59 Å². The van der Waals surface area contributed by atoms with Gasteiger partial charge in [-0.15, -0.1) is 0 Å². The molecule has 0 spiro atoms. The van der Waals surface area contributed by atoms with Gasteiger partial charge in [0.05, 0.1) is 5.56 Å². The number of carbonyl (C=O) groups is 2. The number of carbonyl (C=O) groups excluding carboxylic acids is 2. The maximum Gasteiger partial charge on any atom is 0.340 e. The Balaban J connectivity index is 1.60. The first kappa shape index (κ1) is 16.8. The first-order chi connectivity index (χ1) is 11.6. The summed E-state index contributed by atoms with van der Waals surface area (Å²) in [4.78, 5) is 26.7. The Kier molecular flexibility index (Phi) is 5.07. The smallest absolute Gasteiger partial charge is 0.340 e. The number of hydrogen-bond donors (Lipinski definition) is 1. The van der Waals surface area contributed by atoms with Crippen LogP contribution in [0.25, 0.3) is 0 Å². The predicted octanol–water partition coefficient (Wildman–Crippen LogP) is 2.92. The molecule has 2 aliphatic rings. The zero-order valence-corrected chi connectivity index (χ0v) is 14.3. The quantitative estimate of drug-likeness (QED) is 0.683. The molecule has 2 atom stereocenters. The fourth-order valence-electron chi connectivity index (χ4n) is 4.08. The molecule has 3 rings (SSSR count). The molecular weight excluding hydrogens is 304 g/mol. The van der Waals surface area contributed by atoms with E-state index in [1.165, 1.54) is 25.7 Å². The van der Waals surface area contributed by atoms with E-state index in [4.69, 9.17) is 10.5 Å². The number of anilines is 1. The normalized spacial score (nSPS) is 23.5. The average molecular weight is 330 g/mol. The van der Waals surface area contributed by atoms with Crippen LogP contribution >= 0.6 is 0 Å². The number of benzene rings is 1. The van der Waals surface area contributed by atoms with Crippen LogP contribution in [0.4, 0.5) is 5.69 Å². The second-order valence-electron chi connectivity index (χ2n) is 6.95. The molecular formula is C19H26N2O3. The van der Waals surface area contributed by atoms with Gasteiger partial charge in [-0.2, -0.15) is 0 Å². The average Bonchev–Trinajstić information content (AvgIpc) is 2.61. The minimum atomic E-state index is -0.526. The Hall–Kier alpha value is -2.04. The van der Waals surface area contributed by atoms with Gasteiger partial charge in [-0.05, 0) is 50.2 Å². The van der Waals surface area contributed by atoms with Crippen molar-refractivity contribution in [1.29, 1.82) is 0 Å². The third-order valence-electron chi connectivity index (χ3n) is 5.43. The van der Waals surface area contributed by atoms with Gasteiger partial charge in [-0.25, -0.2) is 4.79 Å². The molecule has 0 unspecified atom stereocenters. The number of amides is 1. The summed E-state index contributed by atoms with van der Waals surface area (Å²) < 4.78 is 5.25. The van der Waals surface area contributed by atoms with E-state index in [0.717, 1.165) is 24.9 Å². The fraction of sp³-hybridized carbons (Fsp3) is 0.579. The second-order valence-corrected chi connectivity index (χ2v) is 6.95. The van der Waals surface area contributed by atoms with Crippen LogP contribution in [-0.4, -0.2) is 36.0 Å². The number of rotatable bonds is 3. The number of fused-ring (bicyclic) bond motifs is 1. The molecule has 1 aliphatic heterocycles. The topological polar surface area (TPSA) is 72.6 Å². The van der Waals surface area contributed by atoms with Crippen LogP contribution in [0.1, 0.15) is 54.4 Å². The van der Waals surface area contributed by atoms with Crippen LogP contribution in [0.2, 0.25) is 0 Å². The molecule has 1 aromatic carbocycles. The van der Waals surface area contributed by atoms with Crippen molar-refractivity contribution in [2.75, 3.05) is 18.9 Å². The number of piperidine rings is 1. The second kappa shape index (κ2) is 7.24. The number of ether oxygens (including phenoxy) is 1. The van der Waals surface area contributed by atoms with Gasteiger partial charge in [-0.3, -0.25) is 4.79 Å². The van der Waals surface area contributed by atoms with Gasteiger partial charge in [0.15, 0.2) is 6.61 Å². The number of nitrogens with two attached hydrogens (primary N) is 1. The number of aryl methyl sites for hydroxylation is 1. The molecule has 1 saturated carbocycles. The molecule has 5 nitrogen and oxygen atoms in total. The highest BCUT2D eigenvalue weighted by Gasteiger charge is 2.35. The van der Waals surface area contributed by atoms with Crippen molar-refractivity contribution in [2.24, 2.45) is 5.92 Å². The van der Waals surface area contributed by atoms with E-state index in [1.807, 2.05) is 17.9 Å². The summed E-state index contributed by atoms with van der Waals surface area (Å²) in [5.41, 5.74) is 7.50. The van der Waals surface area contributed by atoms with Gasteiger partial charge in [0.1, 0.15) is 0 Å². The molecule has 1 saturated heterocycles. The van der Waals surface area contributed by atoms with Crippen LogP contribution in [-0.2, 0) is 9.53 Å². The van der Waals surface area contributed by atoms with Gasteiger partial charge < -0.3 is 15.4 Å². The number of para-hydroxylation sites is 1. The Morgan fingerprint density at radius 1 is 1.21 bits per heavy atom. The van der Waals surface area contributed by atoms with E-state index in [2.05, 4.69) is 0 Å². The van der Waals surface area contributed by atoms with Crippen molar-refractivity contribution in [3.63, 3.8) is 0 Å². The van der Waals surface area contributed by atoms with Crippen molar-refractivity contribution in [1.82, 2.24) is 4.90 Å². The molecule has 5 heteroatoms. The summed E-state index contributed by atoms with van der Waals surface area (Å²) in [7, 11) is 0. The maximum absolute atomic E-state index is 12.6. The van der Waals surface area contributed by atoms with E-state index in [-0.39, 0.29) is 12.5 Å². The molecule has 1 aliphatic carbocycles. The van der Waals surface area contributed by atoms with Crippen LogP contribution < -0.4 is 5.73 Å². The molecule has 2 N–H and O–H groups in total. The van der Waals surface area contributed by atoms with Crippen LogP contribution in [0.5, 0.6) is 0 Å². The highest BCUT2D eigenvalue weighted by atomic mass is 16.5. The van der Waals surface area contributed by atoms with Crippen LogP contribution in [0, 0.1) is 12.8 Å². The summed E-state index contributed by atoms with van der Waals surface area (Å²) >= 11 is 0. The minimum Gasteiger partial charge on any atom is -0.452 e. The van der Waals surface area contributed by atoms with Crippen molar-refractivity contribution in [2.45, 2.75) is 51.5 Å². The third-order valence-corrected chi connectivity index (χ3v) is 5.43. The standard InChI is InChI=1S/C19H26N2O3/c1-13-6-4-9-15(18(13)20)19(23)24-12-17(22)21-11-5-8-14-7-2-3-10-16(14)21/h4,6,9,14,16H,2-3,5,7-8,10-12,20H2,1H3/t14-,16-/m0/s1. The minimum absolute atomic E-state index is 0.0776. The summed E-state index contributed by atoms with van der Waals surface area (Å²) in [6.07, 6.45) is 7.01. The summed E-state index contributed by atoms with van der Waals surface area (Å²) in [6, 6.07) is 5.57. The first-order valence-electron chi connectivity index (χ1n) is 8.89. The maximum atomic E-state index is 12.6. The van der Waals surface area contributed by atoms with Crippen molar-refractivity contribution >= 4 is 17.6 Å². The monoisotopic (exact) mass is 330 g/mol. The third kappa shape index (κ3) is 3.40. The molecule has 1 heterocycles. The molecule has 2 fully saturated rings. The van der Waals surface area contributed by atoms with Gasteiger partial charge in [0, 0.05) is 18.3 Å². The lowest BCUT2D eigenvalue weighted by atomic mass is 9.78. The van der Waals surface area contributed by atoms with Crippen LogP contribution in [0.15, 0.2) is 18.2 Å². The van der Waals surface area contributed by atoms with Gasteiger partial charge in [-0.1, -0.05) is 25.0 Å². The van der Waals surface area contributed by atoms with Crippen molar-refractivity contribution in [3.05, 3.63) is 29.3 Å². The highest BCUT2D eigenvalue weighted by molar-refractivity contribution is 5.96. The number of nitrogens with zero attached hydrogens (tertiary/aromatic N) is 1. The van der Waals surface area contributed by atoms with E-state index >= 15 is 0 Å². The lowest BCUT2D eigenvalue weighted by Crippen LogP contribution is -2.50. The lowest BCUT2D eigenvalue weighted by molar-refractivity contribution is -0.140. The number of hydrogen-bond acceptors (Lipinski definition) is 4. The summed E-state index contributed by atoms with van der Waals surface area (Å²) in [5, 5.41) is 0. The van der Waals surface area contributed by atoms with Gasteiger partial charge >= 0.3 is 5.97 Å². The lowest BCUT2D eigenvalue weighted by Gasteiger charge is -2.44. The van der Waals surface area contributed by atoms with Gasteiger partial charge in [0.25, 0.3) is 5.91 Å². The number of nitrogen functional groups attached to an aromatic ring is 1. The molecule has 24 heavy (non-hydrogen) atoms. The Bertz CT molecular complexity index is 627. The first-order valence-corrected chi connectivity index (χ1v) is 8.89. The molecule has 1 amide bonds.